The number of hydrogen-bond acceptors (Lipinski definition) is 5. The topological polar surface area (TPSA) is 97.9 Å². The molecular formula is C16H18N6O. The van der Waals surface area contributed by atoms with E-state index in [2.05, 4.69) is 20.6 Å². The molecule has 0 bridgehead atoms. The molecule has 3 aromatic rings. The molecule has 0 aliphatic heterocycles. The number of nitrogens with two attached hydrogens (primary N) is 1. The average molecular weight is 310 g/mol. The highest BCUT2D eigenvalue weighted by atomic mass is 16.2. The number of hydrogen-bond donors (Lipinski definition) is 3. The molecule has 1 aromatic carbocycles. The van der Waals surface area contributed by atoms with E-state index in [0.717, 1.165) is 16.6 Å². The van der Waals surface area contributed by atoms with Gasteiger partial charge in [0.2, 0.25) is 0 Å². The summed E-state index contributed by atoms with van der Waals surface area (Å²) in [5, 5.41) is 7.00. The first-order valence-electron chi connectivity index (χ1n) is 7.29. The maximum Gasteiger partial charge on any atom is 0.326 e. The highest BCUT2D eigenvalue weighted by molar-refractivity contribution is 5.93. The number of rotatable bonds is 3. The normalized spacial score (nSPS) is 10.9. The Morgan fingerprint density at radius 2 is 2.04 bits per heavy atom. The van der Waals surface area contributed by atoms with Crippen LogP contribution >= 0.6 is 0 Å². The fourth-order valence-electron chi connectivity index (χ4n) is 2.30. The SMILES string of the molecule is CC(C)NC(=O)n1ccc2cc(Nc3cc(N)ncn3)ccc21. The second-order valence-electron chi connectivity index (χ2n) is 5.52. The number of carbonyl (C=O) groups excluding carboxylic acids is 1. The van der Waals surface area contributed by atoms with E-state index in [1.807, 2.05) is 38.1 Å². The number of benzene rings is 1. The largest absolute Gasteiger partial charge is 0.384 e. The third-order valence-electron chi connectivity index (χ3n) is 3.28. The van der Waals surface area contributed by atoms with E-state index >= 15 is 0 Å². The molecule has 0 saturated heterocycles. The highest BCUT2D eigenvalue weighted by Crippen LogP contribution is 2.23. The van der Waals surface area contributed by atoms with Gasteiger partial charge in [0.25, 0.3) is 0 Å². The average Bonchev–Trinajstić information content (AvgIpc) is 2.89. The molecule has 23 heavy (non-hydrogen) atoms. The lowest BCUT2D eigenvalue weighted by molar-refractivity contribution is 0.241. The molecule has 3 rings (SSSR count). The van der Waals surface area contributed by atoms with Crippen LogP contribution in [0.1, 0.15) is 13.8 Å². The van der Waals surface area contributed by atoms with E-state index in [-0.39, 0.29) is 12.1 Å². The lowest BCUT2D eigenvalue weighted by atomic mass is 10.2. The van der Waals surface area contributed by atoms with Crippen molar-refractivity contribution in [3.63, 3.8) is 0 Å². The molecule has 7 nitrogen and oxygen atoms in total. The molecule has 0 aliphatic rings. The van der Waals surface area contributed by atoms with Gasteiger partial charge in [0.05, 0.1) is 5.52 Å². The third kappa shape index (κ3) is 3.23. The minimum absolute atomic E-state index is 0.0871. The Morgan fingerprint density at radius 3 is 2.78 bits per heavy atom. The van der Waals surface area contributed by atoms with Crippen molar-refractivity contribution >= 4 is 34.3 Å². The maximum atomic E-state index is 12.1. The number of fused-ring (bicyclic) bond motifs is 1. The van der Waals surface area contributed by atoms with Gasteiger partial charge in [0.15, 0.2) is 0 Å². The summed E-state index contributed by atoms with van der Waals surface area (Å²) in [6, 6.07) is 9.23. The van der Waals surface area contributed by atoms with Crippen molar-refractivity contribution in [3.8, 4) is 0 Å². The van der Waals surface area contributed by atoms with E-state index in [4.69, 9.17) is 5.73 Å². The van der Waals surface area contributed by atoms with Crippen molar-refractivity contribution in [3.05, 3.63) is 42.9 Å². The molecule has 2 aromatic heterocycles. The molecular weight excluding hydrogens is 292 g/mol. The molecule has 0 atom stereocenters. The van der Waals surface area contributed by atoms with Crippen molar-refractivity contribution in [2.45, 2.75) is 19.9 Å². The molecule has 0 saturated carbocycles. The molecule has 0 radical (unpaired) electrons. The fraction of sp³-hybridized carbons (Fsp3) is 0.188. The molecule has 0 unspecified atom stereocenters. The van der Waals surface area contributed by atoms with Crippen LogP contribution in [0.4, 0.5) is 22.1 Å². The lowest BCUT2D eigenvalue weighted by Gasteiger charge is -2.10. The van der Waals surface area contributed by atoms with Crippen LogP contribution < -0.4 is 16.4 Å². The van der Waals surface area contributed by atoms with Gasteiger partial charge in [-0.05, 0) is 38.1 Å². The van der Waals surface area contributed by atoms with Crippen molar-refractivity contribution in [1.29, 1.82) is 0 Å². The van der Waals surface area contributed by atoms with Gasteiger partial charge in [-0.1, -0.05) is 0 Å². The van der Waals surface area contributed by atoms with Crippen molar-refractivity contribution < 1.29 is 4.79 Å². The number of nitrogens with zero attached hydrogens (tertiary/aromatic N) is 3. The Morgan fingerprint density at radius 1 is 1.22 bits per heavy atom. The smallest absolute Gasteiger partial charge is 0.326 e. The van der Waals surface area contributed by atoms with Crippen LogP contribution in [0.25, 0.3) is 10.9 Å². The summed E-state index contributed by atoms with van der Waals surface area (Å²) in [5.41, 5.74) is 7.34. The minimum Gasteiger partial charge on any atom is -0.384 e. The van der Waals surface area contributed by atoms with Crippen LogP contribution in [-0.2, 0) is 0 Å². The van der Waals surface area contributed by atoms with Gasteiger partial charge in [0, 0.05) is 29.4 Å². The number of anilines is 3. The Labute approximate surface area is 133 Å². The van der Waals surface area contributed by atoms with E-state index < -0.39 is 0 Å². The first kappa shape index (κ1) is 14.8. The molecule has 2 heterocycles. The van der Waals surface area contributed by atoms with Gasteiger partial charge in [0.1, 0.15) is 18.0 Å². The van der Waals surface area contributed by atoms with Crippen LogP contribution in [0.15, 0.2) is 42.9 Å². The number of nitrogens with one attached hydrogen (secondary N) is 2. The quantitative estimate of drug-likeness (QED) is 0.691. The summed E-state index contributed by atoms with van der Waals surface area (Å²) in [4.78, 5) is 20.1. The Bertz CT molecular complexity index is 855. The monoisotopic (exact) mass is 310 g/mol. The molecule has 0 spiro atoms. The second-order valence-corrected chi connectivity index (χ2v) is 5.52. The summed E-state index contributed by atoms with van der Waals surface area (Å²) in [6.07, 6.45) is 3.16. The van der Waals surface area contributed by atoms with Gasteiger partial charge in [-0.25, -0.2) is 14.8 Å². The summed E-state index contributed by atoms with van der Waals surface area (Å²) in [6.45, 7) is 3.86. The predicted octanol–water partition coefficient (Wildman–Crippen LogP) is 2.72. The van der Waals surface area contributed by atoms with Crippen molar-refractivity contribution in [2.75, 3.05) is 11.1 Å². The number of aromatic nitrogens is 3. The minimum atomic E-state index is -0.140. The zero-order valence-corrected chi connectivity index (χ0v) is 12.9. The summed E-state index contributed by atoms with van der Waals surface area (Å²) >= 11 is 0. The van der Waals surface area contributed by atoms with Gasteiger partial charge < -0.3 is 16.4 Å². The van der Waals surface area contributed by atoms with E-state index in [1.54, 1.807) is 16.8 Å². The number of carbonyl (C=O) groups is 1. The molecule has 0 aliphatic carbocycles. The van der Waals surface area contributed by atoms with Crippen LogP contribution in [0.3, 0.4) is 0 Å². The molecule has 0 fully saturated rings. The Balaban J connectivity index is 1.87. The highest BCUT2D eigenvalue weighted by Gasteiger charge is 2.10. The van der Waals surface area contributed by atoms with Crippen LogP contribution in [-0.4, -0.2) is 26.6 Å². The van der Waals surface area contributed by atoms with Crippen molar-refractivity contribution in [1.82, 2.24) is 19.9 Å². The molecule has 1 amide bonds. The Kier molecular flexibility index (Phi) is 3.84. The summed E-state index contributed by atoms with van der Waals surface area (Å²) in [5.74, 6) is 1.02. The van der Waals surface area contributed by atoms with E-state index in [1.165, 1.54) is 6.33 Å². The fourth-order valence-corrected chi connectivity index (χ4v) is 2.30. The van der Waals surface area contributed by atoms with E-state index in [9.17, 15) is 4.79 Å². The second kappa shape index (κ2) is 5.96. The first-order chi connectivity index (χ1) is 11.0. The van der Waals surface area contributed by atoms with Gasteiger partial charge in [-0.2, -0.15) is 0 Å². The molecule has 4 N–H and O–H groups in total. The third-order valence-corrected chi connectivity index (χ3v) is 3.28. The predicted molar refractivity (Wildman–Crippen MR) is 90.7 cm³/mol. The van der Waals surface area contributed by atoms with Gasteiger partial charge >= 0.3 is 6.03 Å². The molecule has 118 valence electrons. The first-order valence-corrected chi connectivity index (χ1v) is 7.29. The van der Waals surface area contributed by atoms with Gasteiger partial charge in [-0.15, -0.1) is 0 Å². The Hall–Kier alpha value is -3.09. The van der Waals surface area contributed by atoms with Gasteiger partial charge in [-0.3, -0.25) is 4.57 Å². The molecule has 7 heteroatoms. The lowest BCUT2D eigenvalue weighted by Crippen LogP contribution is -2.33. The summed E-state index contributed by atoms with van der Waals surface area (Å²) < 4.78 is 1.60. The van der Waals surface area contributed by atoms with Crippen LogP contribution in [0.2, 0.25) is 0 Å². The number of nitrogen functional groups attached to an aromatic ring is 1. The van der Waals surface area contributed by atoms with E-state index in [0.29, 0.717) is 11.6 Å². The standard InChI is InChI=1S/C16H18N6O/c1-10(2)20-16(23)22-6-5-11-7-12(3-4-13(11)22)21-15-8-14(17)18-9-19-15/h3-10H,1-2H3,(H,20,23)(H3,17,18,19,21). The van der Waals surface area contributed by atoms with Crippen LogP contribution in [0, 0.1) is 0 Å². The number of amides is 1. The van der Waals surface area contributed by atoms with Crippen molar-refractivity contribution in [2.24, 2.45) is 0 Å². The zero-order chi connectivity index (χ0) is 16.4. The van der Waals surface area contributed by atoms with Crippen LogP contribution in [0.5, 0.6) is 0 Å². The zero-order valence-electron chi connectivity index (χ0n) is 12.9. The summed E-state index contributed by atoms with van der Waals surface area (Å²) in [7, 11) is 0. The maximum absolute atomic E-state index is 12.1.